The van der Waals surface area contributed by atoms with Gasteiger partial charge in [-0.25, -0.2) is 9.59 Å². The van der Waals surface area contributed by atoms with Crippen LogP contribution in [0.1, 0.15) is 9.67 Å². The number of rotatable bonds is 2. The van der Waals surface area contributed by atoms with E-state index in [0.29, 0.717) is 5.56 Å². The van der Waals surface area contributed by atoms with Crippen LogP contribution in [0, 0.1) is 0 Å². The summed E-state index contributed by atoms with van der Waals surface area (Å²) in [4.78, 5) is 37.4. The van der Waals surface area contributed by atoms with Gasteiger partial charge in [0, 0.05) is 11.8 Å². The van der Waals surface area contributed by atoms with Gasteiger partial charge in [0.15, 0.2) is 0 Å². The summed E-state index contributed by atoms with van der Waals surface area (Å²) >= 11 is 1.02. The van der Waals surface area contributed by atoms with Crippen LogP contribution in [-0.4, -0.2) is 21.0 Å². The second kappa shape index (κ2) is 3.78. The Kier molecular flexibility index (Phi) is 2.45. The van der Waals surface area contributed by atoms with Crippen molar-refractivity contribution in [2.75, 3.05) is 0 Å². The smallest absolute Gasteiger partial charge is 0.345 e. The van der Waals surface area contributed by atoms with Crippen LogP contribution in [0.2, 0.25) is 0 Å². The Morgan fingerprint density at radius 3 is 2.69 bits per heavy atom. The summed E-state index contributed by atoms with van der Waals surface area (Å²) in [5.41, 5.74) is -0.427. The molecule has 2 heterocycles. The fourth-order valence-corrected chi connectivity index (χ4v) is 1.96. The number of carbonyl (C=O) groups is 1. The fraction of sp³-hybridized carbons (Fsp3) is 0. The Labute approximate surface area is 92.2 Å². The molecule has 0 saturated heterocycles. The van der Waals surface area contributed by atoms with Crippen molar-refractivity contribution in [3.63, 3.8) is 0 Å². The largest absolute Gasteiger partial charge is 0.477 e. The first-order valence-corrected chi connectivity index (χ1v) is 5.10. The van der Waals surface area contributed by atoms with Gasteiger partial charge in [0.05, 0.1) is 5.56 Å². The second-order valence-corrected chi connectivity index (χ2v) is 3.90. The lowest BCUT2D eigenvalue weighted by molar-refractivity contribution is 0.0702. The molecule has 0 atom stereocenters. The lowest BCUT2D eigenvalue weighted by atomic mass is 10.2. The molecule has 0 aromatic carbocycles. The quantitative estimate of drug-likeness (QED) is 0.708. The standard InChI is InChI=1S/C9H6N2O4S/c12-7-5(2-10-9(15)11-7)4-1-6(8(13)14)16-3-4/h1-3H,(H,13,14)(H2,10,11,12,15). The number of aromatic amines is 2. The van der Waals surface area contributed by atoms with Crippen LogP contribution in [0.5, 0.6) is 0 Å². The lowest BCUT2D eigenvalue weighted by Gasteiger charge is -1.93. The number of hydrogen-bond acceptors (Lipinski definition) is 4. The van der Waals surface area contributed by atoms with Gasteiger partial charge in [-0.3, -0.25) is 9.78 Å². The monoisotopic (exact) mass is 238 g/mol. The topological polar surface area (TPSA) is 103 Å². The van der Waals surface area contributed by atoms with Gasteiger partial charge < -0.3 is 10.1 Å². The van der Waals surface area contributed by atoms with E-state index in [-0.39, 0.29) is 10.4 Å². The molecule has 2 rings (SSSR count). The van der Waals surface area contributed by atoms with E-state index in [1.54, 1.807) is 5.38 Å². The Balaban J connectivity index is 2.55. The first-order valence-electron chi connectivity index (χ1n) is 4.22. The number of nitrogens with one attached hydrogen (secondary N) is 2. The Bertz CT molecular complexity index is 652. The van der Waals surface area contributed by atoms with Crippen LogP contribution in [0.25, 0.3) is 11.1 Å². The average Bonchev–Trinajstić information content (AvgIpc) is 2.66. The van der Waals surface area contributed by atoms with Crippen LogP contribution in [-0.2, 0) is 0 Å². The maximum Gasteiger partial charge on any atom is 0.345 e. The summed E-state index contributed by atoms with van der Waals surface area (Å²) in [6.45, 7) is 0. The molecule has 3 N–H and O–H groups in total. The van der Waals surface area contributed by atoms with Crippen molar-refractivity contribution in [1.29, 1.82) is 0 Å². The van der Waals surface area contributed by atoms with Crippen LogP contribution < -0.4 is 11.2 Å². The van der Waals surface area contributed by atoms with Crippen molar-refractivity contribution >= 4 is 17.3 Å². The van der Waals surface area contributed by atoms with Crippen LogP contribution in [0.4, 0.5) is 0 Å². The minimum Gasteiger partial charge on any atom is -0.477 e. The molecular weight excluding hydrogens is 232 g/mol. The van der Waals surface area contributed by atoms with Crippen LogP contribution in [0.3, 0.4) is 0 Å². The van der Waals surface area contributed by atoms with Gasteiger partial charge in [-0.15, -0.1) is 11.3 Å². The van der Waals surface area contributed by atoms with Gasteiger partial charge in [-0.1, -0.05) is 0 Å². The van der Waals surface area contributed by atoms with Crippen molar-refractivity contribution in [3.8, 4) is 11.1 Å². The van der Waals surface area contributed by atoms with Gasteiger partial charge in [0.25, 0.3) is 5.56 Å². The highest BCUT2D eigenvalue weighted by Crippen LogP contribution is 2.22. The number of carboxylic acid groups (broad SMARTS) is 1. The Morgan fingerprint density at radius 1 is 1.38 bits per heavy atom. The number of carboxylic acids is 1. The molecule has 7 heteroatoms. The summed E-state index contributed by atoms with van der Waals surface area (Å²) in [6, 6.07) is 1.38. The molecule has 0 aliphatic carbocycles. The molecule has 2 aromatic heterocycles. The minimum atomic E-state index is -1.04. The van der Waals surface area contributed by atoms with Crippen LogP contribution >= 0.6 is 11.3 Å². The van der Waals surface area contributed by atoms with Crippen LogP contribution in [0.15, 0.2) is 27.2 Å². The van der Waals surface area contributed by atoms with E-state index < -0.39 is 17.2 Å². The molecule has 0 bridgehead atoms. The van der Waals surface area contributed by atoms with Gasteiger partial charge >= 0.3 is 11.7 Å². The van der Waals surface area contributed by atoms with Crippen molar-refractivity contribution in [2.24, 2.45) is 0 Å². The maximum absolute atomic E-state index is 11.4. The van der Waals surface area contributed by atoms with Crippen molar-refractivity contribution in [3.05, 3.63) is 43.4 Å². The summed E-state index contributed by atoms with van der Waals surface area (Å²) in [5.74, 6) is -1.04. The summed E-state index contributed by atoms with van der Waals surface area (Å²) < 4.78 is 0. The highest BCUT2D eigenvalue weighted by Gasteiger charge is 2.10. The molecule has 82 valence electrons. The highest BCUT2D eigenvalue weighted by molar-refractivity contribution is 7.12. The van der Waals surface area contributed by atoms with Gasteiger partial charge in [-0.05, 0) is 11.4 Å². The number of thiophene rings is 1. The van der Waals surface area contributed by atoms with Crippen molar-refractivity contribution in [1.82, 2.24) is 9.97 Å². The zero-order chi connectivity index (χ0) is 11.7. The number of hydrogen-bond donors (Lipinski definition) is 3. The molecule has 0 spiro atoms. The lowest BCUT2D eigenvalue weighted by Crippen LogP contribution is -2.22. The third kappa shape index (κ3) is 1.80. The molecule has 0 fully saturated rings. The first kappa shape index (κ1) is 10.4. The number of aromatic nitrogens is 2. The average molecular weight is 238 g/mol. The Hall–Kier alpha value is -2.15. The number of H-pyrrole nitrogens is 2. The van der Waals surface area contributed by atoms with Gasteiger partial charge in [0.2, 0.25) is 0 Å². The van der Waals surface area contributed by atoms with Gasteiger partial charge in [-0.2, -0.15) is 0 Å². The predicted octanol–water partition coefficient (Wildman–Crippen LogP) is 0.490. The fourth-order valence-electron chi connectivity index (χ4n) is 1.21. The van der Waals surface area contributed by atoms with E-state index in [1.807, 2.05) is 0 Å². The Morgan fingerprint density at radius 2 is 2.12 bits per heavy atom. The molecule has 0 aliphatic heterocycles. The summed E-state index contributed by atoms with van der Waals surface area (Å²) in [6.07, 6.45) is 1.26. The molecule has 0 aliphatic rings. The van der Waals surface area contributed by atoms with E-state index in [9.17, 15) is 14.4 Å². The third-order valence-corrected chi connectivity index (χ3v) is 2.86. The SMILES string of the molecule is O=C(O)c1cc(-c2c[nH]c(=O)[nH]c2=O)cs1. The molecule has 0 amide bonds. The number of aromatic carboxylic acids is 1. The van der Waals surface area contributed by atoms with E-state index >= 15 is 0 Å². The molecule has 2 aromatic rings. The minimum absolute atomic E-state index is 0.139. The maximum atomic E-state index is 11.4. The zero-order valence-electron chi connectivity index (χ0n) is 7.81. The first-order chi connectivity index (χ1) is 7.58. The third-order valence-electron chi connectivity index (χ3n) is 1.94. The molecule has 16 heavy (non-hydrogen) atoms. The van der Waals surface area contributed by atoms with E-state index in [2.05, 4.69) is 9.97 Å². The summed E-state index contributed by atoms with van der Waals surface area (Å²) in [5, 5.41) is 10.3. The molecule has 0 saturated carbocycles. The molecule has 0 radical (unpaired) electrons. The van der Waals surface area contributed by atoms with Crippen molar-refractivity contribution < 1.29 is 9.90 Å². The molecule has 0 unspecified atom stereocenters. The molecule has 6 nitrogen and oxygen atoms in total. The second-order valence-electron chi connectivity index (χ2n) is 2.99. The highest BCUT2D eigenvalue weighted by atomic mass is 32.1. The zero-order valence-corrected chi connectivity index (χ0v) is 8.63. The van der Waals surface area contributed by atoms with E-state index in [4.69, 9.17) is 5.11 Å². The predicted molar refractivity (Wildman–Crippen MR) is 58.0 cm³/mol. The van der Waals surface area contributed by atoms with Crippen molar-refractivity contribution in [2.45, 2.75) is 0 Å². The van der Waals surface area contributed by atoms with E-state index in [1.165, 1.54) is 12.3 Å². The van der Waals surface area contributed by atoms with Gasteiger partial charge in [0.1, 0.15) is 4.88 Å². The summed E-state index contributed by atoms with van der Waals surface area (Å²) in [7, 11) is 0. The normalized spacial score (nSPS) is 10.2. The van der Waals surface area contributed by atoms with E-state index in [0.717, 1.165) is 11.3 Å². The molecular formula is C9H6N2O4S.